The number of sulfonamides is 1. The lowest BCUT2D eigenvalue weighted by atomic mass is 9.41. The molecule has 1 aromatic rings. The highest BCUT2D eigenvalue weighted by Crippen LogP contribution is 2.70. The van der Waals surface area contributed by atoms with Crippen LogP contribution < -0.4 is 9.46 Å². The Morgan fingerprint density at radius 3 is 2.33 bits per heavy atom. The molecule has 5 rings (SSSR count). The first-order valence-electron chi connectivity index (χ1n) is 18.0. The van der Waals surface area contributed by atoms with Gasteiger partial charge in [-0.25, -0.2) is 17.5 Å². The van der Waals surface area contributed by atoms with Crippen LogP contribution in [-0.2, 0) is 19.2 Å². The Kier molecular flexibility index (Phi) is 10.8. The molecule has 13 heteroatoms. The third kappa shape index (κ3) is 7.47. The number of carbonyl (C=O) groups is 1. The number of rotatable bonds is 10. The van der Waals surface area contributed by atoms with Crippen molar-refractivity contribution in [2.24, 2.45) is 52.3 Å². The number of ether oxygens (including phenoxy) is 1. The highest BCUT2D eigenvalue weighted by Gasteiger charge is 2.67. The van der Waals surface area contributed by atoms with Crippen LogP contribution in [0.15, 0.2) is 29.2 Å². The number of hydrogen-bond donors (Lipinski definition) is 2. The minimum Gasteiger partial charge on any atom is -0.414 e. The summed E-state index contributed by atoms with van der Waals surface area (Å²) < 4.78 is 93.6. The fourth-order valence-corrected chi connectivity index (χ4v) is 13.5. The van der Waals surface area contributed by atoms with Crippen LogP contribution in [0.1, 0.15) is 85.5 Å². The summed E-state index contributed by atoms with van der Waals surface area (Å²) in [6.45, 7) is 15.5. The molecular weight excluding hydrogens is 679 g/mol. The zero-order chi connectivity index (χ0) is 36.3. The maximum atomic E-state index is 16.1. The van der Waals surface area contributed by atoms with E-state index in [0.29, 0.717) is 24.7 Å². The molecule has 0 spiro atoms. The fraction of sp³-hybridized carbons (Fsp3) is 0.806. The zero-order valence-corrected chi connectivity index (χ0v) is 31.7. The first-order valence-corrected chi connectivity index (χ1v) is 22.9. The lowest BCUT2D eigenvalue weighted by Gasteiger charge is -2.66. The molecule has 0 aliphatic heterocycles. The van der Waals surface area contributed by atoms with Gasteiger partial charge in [0.05, 0.1) is 12.2 Å². The summed E-state index contributed by atoms with van der Waals surface area (Å²) in [5.74, 6) is -0.627. The van der Waals surface area contributed by atoms with Crippen molar-refractivity contribution in [3.05, 3.63) is 24.3 Å². The normalized spacial score (nSPS) is 38.6. The number of halogens is 4. The molecule has 4 saturated carbocycles. The van der Waals surface area contributed by atoms with E-state index in [1.165, 1.54) is 12.1 Å². The maximum absolute atomic E-state index is 16.1. The third-order valence-corrected chi connectivity index (χ3v) is 15.4. The van der Waals surface area contributed by atoms with Gasteiger partial charge in [0.2, 0.25) is 5.91 Å². The van der Waals surface area contributed by atoms with Gasteiger partial charge >= 0.3 is 6.36 Å². The molecule has 0 radical (unpaired) electrons. The van der Waals surface area contributed by atoms with Gasteiger partial charge in [-0.15, -0.1) is 13.2 Å². The van der Waals surface area contributed by atoms with Crippen molar-refractivity contribution in [3.63, 3.8) is 0 Å². The summed E-state index contributed by atoms with van der Waals surface area (Å²) in [5, 5.41) is 10.7. The van der Waals surface area contributed by atoms with Gasteiger partial charge in [0, 0.05) is 12.3 Å². The predicted octanol–water partition coefficient (Wildman–Crippen LogP) is 8.24. The smallest absolute Gasteiger partial charge is 0.414 e. The Bertz CT molecular complexity index is 1470. The van der Waals surface area contributed by atoms with Gasteiger partial charge in [-0.2, -0.15) is 0 Å². The fourth-order valence-electron chi connectivity index (χ4n) is 11.2. The van der Waals surface area contributed by atoms with Crippen molar-refractivity contribution in [1.29, 1.82) is 0 Å². The van der Waals surface area contributed by atoms with E-state index in [0.717, 1.165) is 50.7 Å². The standard InChI is InChI=1S/C36H55F4NO6SSi/c1-8-22-31-32(37)26(42)18-20-35(31,4)25-17-19-34(3)23(14-15-24(34)30(25)33(22)47-49(5,6)7)21(2)13-16-29(43)41-48(44,45)28-12-10-9-11-27(28)46-36(38,39)40/h9-12,21-26,30-33,42H,8,13-20H2,1-7H3,(H,41,43)/t21-,22-,23-,24+,25+,26-,30+,31-,32+,33-,34-,35-/m1/s1. The van der Waals surface area contributed by atoms with E-state index in [4.69, 9.17) is 4.43 Å². The van der Waals surface area contributed by atoms with Crippen molar-refractivity contribution < 1.29 is 45.0 Å². The number of hydrogen-bond acceptors (Lipinski definition) is 6. The van der Waals surface area contributed by atoms with Gasteiger partial charge in [0.25, 0.3) is 10.0 Å². The zero-order valence-electron chi connectivity index (χ0n) is 29.9. The molecule has 1 amide bonds. The van der Waals surface area contributed by atoms with Crippen LogP contribution in [0, 0.1) is 52.3 Å². The van der Waals surface area contributed by atoms with Crippen molar-refractivity contribution >= 4 is 24.2 Å². The Balaban J connectivity index is 1.33. The van der Waals surface area contributed by atoms with Crippen LogP contribution in [-0.4, -0.2) is 52.5 Å². The van der Waals surface area contributed by atoms with E-state index in [-0.39, 0.29) is 52.9 Å². The Hall–Kier alpha value is -1.70. The van der Waals surface area contributed by atoms with Crippen LogP contribution in [0.4, 0.5) is 17.6 Å². The SMILES string of the molecule is CC[C@H]1[C@@H](O[Si](C)(C)C)[C@@H]2[C@H](CC[C@]3(C)[C@@H]([C@H](C)CCC(=O)NS(=O)(=O)c4ccccc4OC(F)(F)F)CC[C@@H]23)[C@@]2(C)CC[C@@H](O)[C@H](F)[C@@H]12. The van der Waals surface area contributed by atoms with Crippen molar-refractivity contribution in [2.45, 2.75) is 135 Å². The second-order valence-electron chi connectivity index (χ2n) is 16.9. The van der Waals surface area contributed by atoms with E-state index in [2.05, 4.69) is 52.1 Å². The van der Waals surface area contributed by atoms with E-state index < -0.39 is 53.5 Å². The Morgan fingerprint density at radius 1 is 1.06 bits per heavy atom. The molecule has 49 heavy (non-hydrogen) atoms. The van der Waals surface area contributed by atoms with Gasteiger partial charge in [0.15, 0.2) is 8.32 Å². The summed E-state index contributed by atoms with van der Waals surface area (Å²) in [5.41, 5.74) is -0.259. The Morgan fingerprint density at radius 2 is 1.69 bits per heavy atom. The molecule has 0 aromatic heterocycles. The van der Waals surface area contributed by atoms with Crippen molar-refractivity contribution in [3.8, 4) is 5.75 Å². The first-order chi connectivity index (χ1) is 22.6. The van der Waals surface area contributed by atoms with Crippen LogP contribution in [0.25, 0.3) is 0 Å². The van der Waals surface area contributed by atoms with Crippen LogP contribution in [0.3, 0.4) is 0 Å². The number of amides is 1. The monoisotopic (exact) mass is 733 g/mol. The van der Waals surface area contributed by atoms with Gasteiger partial charge in [-0.3, -0.25) is 4.79 Å². The number of carbonyl (C=O) groups excluding carboxylic acids is 1. The lowest BCUT2D eigenvalue weighted by Crippen LogP contribution is -2.66. The molecule has 4 aliphatic rings. The summed E-state index contributed by atoms with van der Waals surface area (Å²) in [6.07, 6.45) is -1.05. The van der Waals surface area contributed by atoms with E-state index >= 15 is 4.39 Å². The highest BCUT2D eigenvalue weighted by atomic mass is 32.2. The van der Waals surface area contributed by atoms with Crippen molar-refractivity contribution in [1.82, 2.24) is 4.72 Å². The van der Waals surface area contributed by atoms with E-state index in [1.807, 2.05) is 4.72 Å². The minimum absolute atomic E-state index is 0.0130. The number of aliphatic hydroxyl groups is 1. The van der Waals surface area contributed by atoms with Crippen LogP contribution in [0.5, 0.6) is 5.75 Å². The van der Waals surface area contributed by atoms with Crippen LogP contribution >= 0.6 is 0 Å². The summed E-state index contributed by atoms with van der Waals surface area (Å²) in [6, 6.07) is 4.34. The molecule has 4 aliphatic carbocycles. The molecule has 4 fully saturated rings. The minimum atomic E-state index is -5.09. The number of benzene rings is 1. The first kappa shape index (κ1) is 38.5. The number of alkyl halides is 4. The molecule has 1 aromatic carbocycles. The summed E-state index contributed by atoms with van der Waals surface area (Å²) >= 11 is 0. The van der Waals surface area contributed by atoms with Crippen molar-refractivity contribution in [2.75, 3.05) is 0 Å². The molecule has 278 valence electrons. The second-order valence-corrected chi connectivity index (χ2v) is 23.0. The quantitative estimate of drug-likeness (QED) is 0.186. The number of aliphatic hydroxyl groups excluding tert-OH is 1. The highest BCUT2D eigenvalue weighted by molar-refractivity contribution is 7.90. The topological polar surface area (TPSA) is 102 Å². The molecule has 7 nitrogen and oxygen atoms in total. The second kappa shape index (κ2) is 13.7. The van der Waals surface area contributed by atoms with Gasteiger partial charge in [-0.1, -0.05) is 46.2 Å². The molecular formula is C36H55F4NO6SSi. The van der Waals surface area contributed by atoms with Gasteiger partial charge < -0.3 is 14.3 Å². The largest absolute Gasteiger partial charge is 0.573 e. The van der Waals surface area contributed by atoms with E-state index in [9.17, 15) is 31.5 Å². The molecule has 12 atom stereocenters. The average Bonchev–Trinajstić information content (AvgIpc) is 3.34. The average molecular weight is 734 g/mol. The molecule has 0 unspecified atom stereocenters. The molecule has 0 bridgehead atoms. The lowest BCUT2D eigenvalue weighted by molar-refractivity contribution is -0.275. The molecule has 2 N–H and O–H groups in total. The van der Waals surface area contributed by atoms with E-state index in [1.54, 1.807) is 0 Å². The predicted molar refractivity (Wildman–Crippen MR) is 181 cm³/mol. The number of para-hydroxylation sites is 1. The third-order valence-electron chi connectivity index (χ3n) is 13.1. The summed E-state index contributed by atoms with van der Waals surface area (Å²) in [4.78, 5) is 12.2. The summed E-state index contributed by atoms with van der Waals surface area (Å²) in [7, 11) is -6.64. The number of nitrogens with one attached hydrogen (secondary N) is 1. The molecule has 0 heterocycles. The number of fused-ring (bicyclic) bond motifs is 5. The molecule has 0 saturated heterocycles. The van der Waals surface area contributed by atoms with Crippen LogP contribution in [0.2, 0.25) is 19.6 Å². The van der Waals surface area contributed by atoms with Gasteiger partial charge in [-0.05, 0) is 123 Å². The Labute approximate surface area is 290 Å². The maximum Gasteiger partial charge on any atom is 0.573 e. The van der Waals surface area contributed by atoms with Gasteiger partial charge in [0.1, 0.15) is 16.8 Å².